The highest BCUT2D eigenvalue weighted by Crippen LogP contribution is 2.28. The molecule has 1 aromatic carbocycles. The van der Waals surface area contributed by atoms with Crippen LogP contribution in [0.4, 0.5) is 14.9 Å². The summed E-state index contributed by atoms with van der Waals surface area (Å²) in [6.45, 7) is 1.59. The Morgan fingerprint density at radius 3 is 2.65 bits per heavy atom. The van der Waals surface area contributed by atoms with Crippen molar-refractivity contribution < 1.29 is 28.9 Å². The van der Waals surface area contributed by atoms with Gasteiger partial charge in [0.05, 0.1) is 12.3 Å². The number of aromatic carboxylic acids is 1. The van der Waals surface area contributed by atoms with E-state index in [4.69, 9.17) is 5.11 Å². The largest absolute Gasteiger partial charge is 0.507 e. The molecule has 0 radical (unpaired) electrons. The lowest BCUT2D eigenvalue weighted by Crippen LogP contribution is -2.17. The van der Waals surface area contributed by atoms with Crippen LogP contribution in [-0.2, 0) is 4.74 Å². The van der Waals surface area contributed by atoms with Crippen molar-refractivity contribution in [3.05, 3.63) is 23.5 Å². The quantitative estimate of drug-likeness (QED) is 0.752. The summed E-state index contributed by atoms with van der Waals surface area (Å²) in [7, 11) is 0. The molecule has 92 valence electrons. The van der Waals surface area contributed by atoms with Crippen molar-refractivity contribution in [3.63, 3.8) is 0 Å². The van der Waals surface area contributed by atoms with Crippen molar-refractivity contribution in [2.24, 2.45) is 0 Å². The number of amides is 1. The number of hydrogen-bond donors (Lipinski definition) is 3. The number of ether oxygens (including phenoxy) is 1. The van der Waals surface area contributed by atoms with Crippen molar-refractivity contribution in [1.82, 2.24) is 0 Å². The average molecular weight is 243 g/mol. The molecule has 0 aliphatic rings. The molecule has 0 spiro atoms. The summed E-state index contributed by atoms with van der Waals surface area (Å²) in [6.07, 6.45) is -1.00. The van der Waals surface area contributed by atoms with Crippen LogP contribution in [0.1, 0.15) is 17.3 Å². The summed E-state index contributed by atoms with van der Waals surface area (Å²) in [6, 6.07) is 1.72. The first-order valence-corrected chi connectivity index (χ1v) is 4.66. The summed E-state index contributed by atoms with van der Waals surface area (Å²) in [4.78, 5) is 21.9. The zero-order chi connectivity index (χ0) is 13.0. The number of carboxylic acids is 1. The molecule has 0 aliphatic heterocycles. The maximum absolute atomic E-state index is 13.3. The predicted octanol–water partition coefficient (Wildman–Crippen LogP) is 1.80. The Morgan fingerprint density at radius 2 is 2.12 bits per heavy atom. The number of carbonyl (C=O) groups is 2. The van der Waals surface area contributed by atoms with Gasteiger partial charge in [-0.25, -0.2) is 14.0 Å². The van der Waals surface area contributed by atoms with E-state index in [2.05, 4.69) is 4.74 Å². The van der Waals surface area contributed by atoms with Gasteiger partial charge in [-0.3, -0.25) is 5.32 Å². The van der Waals surface area contributed by atoms with Gasteiger partial charge in [0.2, 0.25) is 0 Å². The minimum absolute atomic E-state index is 0.0503. The monoisotopic (exact) mass is 243 g/mol. The topological polar surface area (TPSA) is 95.9 Å². The molecular weight excluding hydrogens is 233 g/mol. The van der Waals surface area contributed by atoms with Gasteiger partial charge in [-0.1, -0.05) is 0 Å². The van der Waals surface area contributed by atoms with E-state index in [0.717, 1.165) is 12.1 Å². The molecule has 0 saturated heterocycles. The van der Waals surface area contributed by atoms with Crippen molar-refractivity contribution in [2.45, 2.75) is 6.92 Å². The van der Waals surface area contributed by atoms with Gasteiger partial charge in [0.15, 0.2) is 0 Å². The lowest BCUT2D eigenvalue weighted by molar-refractivity contribution is 0.0694. The fourth-order valence-corrected chi connectivity index (χ4v) is 1.17. The molecule has 0 unspecified atom stereocenters. The van der Waals surface area contributed by atoms with Gasteiger partial charge in [-0.15, -0.1) is 0 Å². The fraction of sp³-hybridized carbons (Fsp3) is 0.200. The molecule has 0 aliphatic carbocycles. The zero-order valence-electron chi connectivity index (χ0n) is 8.86. The lowest BCUT2D eigenvalue weighted by atomic mass is 10.1. The van der Waals surface area contributed by atoms with Crippen LogP contribution in [0, 0.1) is 5.82 Å². The number of halogens is 1. The highest BCUT2D eigenvalue weighted by atomic mass is 19.1. The van der Waals surface area contributed by atoms with Crippen molar-refractivity contribution in [2.75, 3.05) is 11.9 Å². The van der Waals surface area contributed by atoms with E-state index in [0.29, 0.717) is 0 Å². The van der Waals surface area contributed by atoms with Crippen molar-refractivity contribution >= 4 is 17.7 Å². The van der Waals surface area contributed by atoms with Gasteiger partial charge in [0, 0.05) is 0 Å². The third kappa shape index (κ3) is 2.83. The first-order chi connectivity index (χ1) is 7.97. The minimum atomic E-state index is -1.56. The highest BCUT2D eigenvalue weighted by Gasteiger charge is 2.21. The molecule has 3 N–H and O–H groups in total. The molecule has 6 nitrogen and oxygen atoms in total. The Labute approximate surface area is 95.6 Å². The maximum Gasteiger partial charge on any atom is 0.411 e. The third-order valence-electron chi connectivity index (χ3n) is 1.85. The Bertz CT molecular complexity index is 460. The van der Waals surface area contributed by atoms with Gasteiger partial charge in [-0.2, -0.15) is 0 Å². The second-order valence-corrected chi connectivity index (χ2v) is 2.97. The van der Waals surface area contributed by atoms with Crippen LogP contribution in [-0.4, -0.2) is 28.9 Å². The number of rotatable bonds is 3. The number of carbonyl (C=O) groups excluding carboxylic acids is 1. The van der Waals surface area contributed by atoms with E-state index in [1.54, 1.807) is 0 Å². The third-order valence-corrected chi connectivity index (χ3v) is 1.85. The minimum Gasteiger partial charge on any atom is -0.507 e. The summed E-state index contributed by atoms with van der Waals surface area (Å²) in [5.41, 5.74) is -1.35. The van der Waals surface area contributed by atoms with Crippen LogP contribution in [0.3, 0.4) is 0 Å². The number of aromatic hydroxyl groups is 1. The number of nitrogens with one attached hydrogen (secondary N) is 1. The molecule has 17 heavy (non-hydrogen) atoms. The van der Waals surface area contributed by atoms with Crippen LogP contribution in [0.5, 0.6) is 5.75 Å². The highest BCUT2D eigenvalue weighted by molar-refractivity contribution is 6.01. The first-order valence-electron chi connectivity index (χ1n) is 4.66. The van der Waals surface area contributed by atoms with Crippen LogP contribution >= 0.6 is 0 Å². The summed E-state index contributed by atoms with van der Waals surface area (Å²) in [5.74, 6) is -3.19. The zero-order valence-corrected chi connectivity index (χ0v) is 8.86. The Balaban J connectivity index is 3.16. The van der Waals surface area contributed by atoms with E-state index in [1.807, 2.05) is 5.32 Å². The number of benzene rings is 1. The summed E-state index contributed by atoms with van der Waals surface area (Å²) in [5, 5.41) is 20.0. The van der Waals surface area contributed by atoms with E-state index >= 15 is 0 Å². The summed E-state index contributed by atoms with van der Waals surface area (Å²) >= 11 is 0. The van der Waals surface area contributed by atoms with Crippen molar-refractivity contribution in [3.8, 4) is 5.75 Å². The van der Waals surface area contributed by atoms with E-state index in [-0.39, 0.29) is 6.61 Å². The molecule has 7 heteroatoms. The lowest BCUT2D eigenvalue weighted by Gasteiger charge is -2.10. The first kappa shape index (κ1) is 12.8. The molecular formula is C10H10FNO5. The van der Waals surface area contributed by atoms with Crippen LogP contribution < -0.4 is 5.32 Å². The second kappa shape index (κ2) is 5.15. The van der Waals surface area contributed by atoms with Crippen LogP contribution in [0.15, 0.2) is 12.1 Å². The van der Waals surface area contributed by atoms with Crippen molar-refractivity contribution in [1.29, 1.82) is 0 Å². The molecule has 1 rings (SSSR count). The standard InChI is InChI=1S/C10H10FNO5/c1-2-17-10(16)12-8-5(11)3-4-6(13)7(8)9(14)15/h3-4,13H,2H2,1H3,(H,12,16)(H,14,15). The van der Waals surface area contributed by atoms with Crippen LogP contribution in [0.2, 0.25) is 0 Å². The number of anilines is 1. The fourth-order valence-electron chi connectivity index (χ4n) is 1.17. The van der Waals surface area contributed by atoms with Gasteiger partial charge in [-0.05, 0) is 19.1 Å². The number of hydrogen-bond acceptors (Lipinski definition) is 4. The second-order valence-electron chi connectivity index (χ2n) is 2.97. The predicted molar refractivity (Wildman–Crippen MR) is 55.7 cm³/mol. The molecule has 0 bridgehead atoms. The summed E-state index contributed by atoms with van der Waals surface area (Å²) < 4.78 is 17.8. The molecule has 0 aromatic heterocycles. The SMILES string of the molecule is CCOC(=O)Nc1c(F)ccc(O)c1C(=O)O. The van der Waals surface area contributed by atoms with Gasteiger partial charge >= 0.3 is 12.1 Å². The molecule has 0 atom stereocenters. The Morgan fingerprint density at radius 1 is 1.47 bits per heavy atom. The van der Waals surface area contributed by atoms with Gasteiger partial charge in [0.1, 0.15) is 17.1 Å². The van der Waals surface area contributed by atoms with Gasteiger partial charge < -0.3 is 14.9 Å². The van der Waals surface area contributed by atoms with Gasteiger partial charge in [0.25, 0.3) is 0 Å². The van der Waals surface area contributed by atoms with E-state index in [9.17, 15) is 19.1 Å². The smallest absolute Gasteiger partial charge is 0.411 e. The Kier molecular flexibility index (Phi) is 3.86. The molecule has 0 saturated carbocycles. The number of phenols is 1. The maximum atomic E-state index is 13.3. The Hall–Kier alpha value is -2.31. The normalized spacial score (nSPS) is 9.76. The molecule has 1 amide bonds. The average Bonchev–Trinajstić information content (AvgIpc) is 2.23. The van der Waals surface area contributed by atoms with Crippen LogP contribution in [0.25, 0.3) is 0 Å². The molecule has 0 fully saturated rings. The molecule has 1 aromatic rings. The number of carboxylic acid groups (broad SMARTS) is 1. The van der Waals surface area contributed by atoms with E-state index < -0.39 is 34.9 Å². The van der Waals surface area contributed by atoms with E-state index in [1.165, 1.54) is 6.92 Å². The molecule has 0 heterocycles.